The van der Waals surface area contributed by atoms with Gasteiger partial charge in [-0.15, -0.1) is 0 Å². The van der Waals surface area contributed by atoms with Crippen molar-refractivity contribution < 1.29 is 0 Å². The molecule has 0 aliphatic rings. The van der Waals surface area contributed by atoms with Crippen LogP contribution in [0.3, 0.4) is 0 Å². The van der Waals surface area contributed by atoms with Crippen molar-refractivity contribution in [1.82, 2.24) is 4.90 Å². The number of nitrogens with zero attached hydrogens (tertiary/aromatic N) is 2. The molecule has 2 heteroatoms. The van der Waals surface area contributed by atoms with Gasteiger partial charge in [0.15, 0.2) is 0 Å². The van der Waals surface area contributed by atoms with Crippen molar-refractivity contribution >= 4 is 0 Å². The summed E-state index contributed by atoms with van der Waals surface area (Å²) in [6, 6.07) is 2.82. The summed E-state index contributed by atoms with van der Waals surface area (Å²) in [5.74, 6) is 0.152. The summed E-state index contributed by atoms with van der Waals surface area (Å²) in [7, 11) is 0. The molecule has 0 saturated heterocycles. The van der Waals surface area contributed by atoms with Gasteiger partial charge in [-0.05, 0) is 33.7 Å². The van der Waals surface area contributed by atoms with E-state index in [0.29, 0.717) is 6.04 Å². The molecule has 0 rings (SSSR count). The number of rotatable bonds is 5. The van der Waals surface area contributed by atoms with Gasteiger partial charge in [0.25, 0.3) is 0 Å². The van der Waals surface area contributed by atoms with Crippen molar-refractivity contribution in [3.05, 3.63) is 0 Å². The standard InChI is InChI=1S/C10H20N2/c1-5-6-12(9(2)3)8-10(4)7-11/h9-10H,5-6,8H2,1-4H3. The van der Waals surface area contributed by atoms with Crippen LogP contribution in [0.2, 0.25) is 0 Å². The van der Waals surface area contributed by atoms with Gasteiger partial charge in [0, 0.05) is 12.6 Å². The maximum Gasteiger partial charge on any atom is 0.0666 e. The first-order valence-electron chi connectivity index (χ1n) is 4.75. The molecule has 0 amide bonds. The van der Waals surface area contributed by atoms with E-state index in [1.807, 2.05) is 6.92 Å². The maximum absolute atomic E-state index is 8.66. The molecule has 1 unspecified atom stereocenters. The van der Waals surface area contributed by atoms with Crippen molar-refractivity contribution in [1.29, 1.82) is 5.26 Å². The molecule has 0 bridgehead atoms. The van der Waals surface area contributed by atoms with Crippen molar-refractivity contribution in [2.45, 2.75) is 40.2 Å². The molecule has 0 aromatic heterocycles. The van der Waals surface area contributed by atoms with Crippen LogP contribution in [-0.4, -0.2) is 24.0 Å². The van der Waals surface area contributed by atoms with E-state index in [0.717, 1.165) is 19.5 Å². The van der Waals surface area contributed by atoms with Crippen LogP contribution in [0, 0.1) is 17.2 Å². The second-order valence-electron chi connectivity index (χ2n) is 3.62. The number of hydrogen-bond donors (Lipinski definition) is 0. The summed E-state index contributed by atoms with van der Waals surface area (Å²) in [6.07, 6.45) is 1.16. The van der Waals surface area contributed by atoms with E-state index < -0.39 is 0 Å². The molecule has 12 heavy (non-hydrogen) atoms. The average Bonchev–Trinajstić information content (AvgIpc) is 2.03. The Balaban J connectivity index is 3.88. The van der Waals surface area contributed by atoms with Gasteiger partial charge in [-0.3, -0.25) is 4.90 Å². The van der Waals surface area contributed by atoms with Crippen molar-refractivity contribution in [2.24, 2.45) is 5.92 Å². The molecule has 0 radical (unpaired) electrons. The first kappa shape index (κ1) is 11.4. The zero-order chi connectivity index (χ0) is 9.56. The van der Waals surface area contributed by atoms with Crippen molar-refractivity contribution in [3.8, 4) is 6.07 Å². The summed E-state index contributed by atoms with van der Waals surface area (Å²) in [5.41, 5.74) is 0. The molecule has 0 aromatic rings. The Morgan fingerprint density at radius 1 is 1.33 bits per heavy atom. The lowest BCUT2D eigenvalue weighted by atomic mass is 10.1. The van der Waals surface area contributed by atoms with E-state index in [4.69, 9.17) is 5.26 Å². The van der Waals surface area contributed by atoms with E-state index in [1.54, 1.807) is 0 Å². The average molecular weight is 168 g/mol. The summed E-state index contributed by atoms with van der Waals surface area (Å²) in [5, 5.41) is 8.66. The van der Waals surface area contributed by atoms with Crippen LogP contribution in [0.4, 0.5) is 0 Å². The molecule has 0 N–H and O–H groups in total. The van der Waals surface area contributed by atoms with Gasteiger partial charge in [0.05, 0.1) is 12.0 Å². The molecule has 0 aliphatic heterocycles. The third-order valence-corrected chi connectivity index (χ3v) is 1.97. The summed E-state index contributed by atoms with van der Waals surface area (Å²) < 4.78 is 0. The molecular weight excluding hydrogens is 148 g/mol. The molecule has 0 fully saturated rings. The normalized spacial score (nSPS) is 13.4. The lowest BCUT2D eigenvalue weighted by Gasteiger charge is -2.26. The molecule has 2 nitrogen and oxygen atoms in total. The van der Waals surface area contributed by atoms with E-state index in [1.165, 1.54) is 0 Å². The summed E-state index contributed by atoms with van der Waals surface area (Å²) in [4.78, 5) is 2.36. The fourth-order valence-electron chi connectivity index (χ4n) is 1.24. The molecular formula is C10H20N2. The van der Waals surface area contributed by atoms with Crippen LogP contribution in [0.15, 0.2) is 0 Å². The van der Waals surface area contributed by atoms with E-state index >= 15 is 0 Å². The van der Waals surface area contributed by atoms with Crippen LogP contribution >= 0.6 is 0 Å². The summed E-state index contributed by atoms with van der Waals surface area (Å²) >= 11 is 0. The predicted octanol–water partition coefficient (Wildman–Crippen LogP) is 2.27. The Bertz CT molecular complexity index is 146. The van der Waals surface area contributed by atoms with Crippen LogP contribution in [0.1, 0.15) is 34.1 Å². The highest BCUT2D eigenvalue weighted by Gasteiger charge is 2.11. The topological polar surface area (TPSA) is 27.0 Å². The third-order valence-electron chi connectivity index (χ3n) is 1.97. The highest BCUT2D eigenvalue weighted by atomic mass is 15.1. The van der Waals surface area contributed by atoms with Gasteiger partial charge in [-0.2, -0.15) is 5.26 Å². The quantitative estimate of drug-likeness (QED) is 0.629. The lowest BCUT2D eigenvalue weighted by molar-refractivity contribution is 0.207. The zero-order valence-electron chi connectivity index (χ0n) is 8.67. The molecule has 0 aromatic carbocycles. The largest absolute Gasteiger partial charge is 0.300 e. The molecule has 0 saturated carbocycles. The summed E-state index contributed by atoms with van der Waals surface area (Å²) in [6.45, 7) is 10.5. The van der Waals surface area contributed by atoms with Crippen LogP contribution < -0.4 is 0 Å². The monoisotopic (exact) mass is 168 g/mol. The number of nitriles is 1. The Labute approximate surface area is 76.2 Å². The predicted molar refractivity (Wildman–Crippen MR) is 51.8 cm³/mol. The molecule has 0 heterocycles. The Kier molecular flexibility index (Phi) is 5.74. The first-order chi connectivity index (χ1) is 5.61. The van der Waals surface area contributed by atoms with E-state index in [2.05, 4.69) is 31.7 Å². The van der Waals surface area contributed by atoms with Crippen LogP contribution in [0.5, 0.6) is 0 Å². The molecule has 70 valence electrons. The minimum Gasteiger partial charge on any atom is -0.300 e. The van der Waals surface area contributed by atoms with Gasteiger partial charge < -0.3 is 0 Å². The fraction of sp³-hybridized carbons (Fsp3) is 0.900. The second kappa shape index (κ2) is 6.02. The van der Waals surface area contributed by atoms with Crippen LogP contribution in [-0.2, 0) is 0 Å². The lowest BCUT2D eigenvalue weighted by Crippen LogP contribution is -2.35. The van der Waals surface area contributed by atoms with Gasteiger partial charge in [-0.1, -0.05) is 6.92 Å². The third kappa shape index (κ3) is 4.35. The van der Waals surface area contributed by atoms with Crippen molar-refractivity contribution in [2.75, 3.05) is 13.1 Å². The zero-order valence-corrected chi connectivity index (χ0v) is 8.67. The van der Waals surface area contributed by atoms with Crippen LogP contribution in [0.25, 0.3) is 0 Å². The van der Waals surface area contributed by atoms with Gasteiger partial charge in [0.2, 0.25) is 0 Å². The molecule has 0 aliphatic carbocycles. The van der Waals surface area contributed by atoms with Gasteiger partial charge in [-0.25, -0.2) is 0 Å². The Morgan fingerprint density at radius 2 is 1.92 bits per heavy atom. The minimum absolute atomic E-state index is 0.152. The van der Waals surface area contributed by atoms with E-state index in [9.17, 15) is 0 Å². The SMILES string of the molecule is CCCN(CC(C)C#N)C(C)C. The van der Waals surface area contributed by atoms with Gasteiger partial charge in [0.1, 0.15) is 0 Å². The first-order valence-corrected chi connectivity index (χ1v) is 4.75. The van der Waals surface area contributed by atoms with Gasteiger partial charge >= 0.3 is 0 Å². The van der Waals surface area contributed by atoms with E-state index in [-0.39, 0.29) is 5.92 Å². The van der Waals surface area contributed by atoms with Crippen molar-refractivity contribution in [3.63, 3.8) is 0 Å². The highest BCUT2D eigenvalue weighted by molar-refractivity contribution is 4.82. The smallest absolute Gasteiger partial charge is 0.0666 e. The highest BCUT2D eigenvalue weighted by Crippen LogP contribution is 2.04. The minimum atomic E-state index is 0.152. The Morgan fingerprint density at radius 3 is 2.25 bits per heavy atom. The molecule has 0 spiro atoms. The maximum atomic E-state index is 8.66. The molecule has 1 atom stereocenters. The fourth-order valence-corrected chi connectivity index (χ4v) is 1.24. The second-order valence-corrected chi connectivity index (χ2v) is 3.62. The number of hydrogen-bond acceptors (Lipinski definition) is 2. The Hall–Kier alpha value is -0.550.